The Morgan fingerprint density at radius 1 is 1.47 bits per heavy atom. The number of anilines is 1. The summed E-state index contributed by atoms with van der Waals surface area (Å²) in [4.78, 5) is 2.36. The van der Waals surface area contributed by atoms with E-state index in [-0.39, 0.29) is 5.54 Å². The number of hydrogen-bond donors (Lipinski definition) is 1. The molecular formula is C12H22N4O. The smallest absolute Gasteiger partial charge is 0.131 e. The highest BCUT2D eigenvalue weighted by Gasteiger charge is 2.34. The van der Waals surface area contributed by atoms with Crippen LogP contribution in [0.4, 0.5) is 5.82 Å². The first-order valence-electron chi connectivity index (χ1n) is 6.05. The molecule has 0 aromatic carbocycles. The number of aryl methyl sites for hydroxylation is 2. The maximum absolute atomic E-state index is 5.85. The lowest BCUT2D eigenvalue weighted by Gasteiger charge is -2.43. The molecule has 1 aliphatic heterocycles. The molecule has 96 valence electrons. The zero-order valence-electron chi connectivity index (χ0n) is 11.2. The normalized spacial score (nSPS) is 19.7. The Hall–Kier alpha value is -1.07. The molecule has 2 heterocycles. The van der Waals surface area contributed by atoms with Crippen molar-refractivity contribution in [2.45, 2.75) is 32.9 Å². The summed E-state index contributed by atoms with van der Waals surface area (Å²) in [6, 6.07) is 0. The SMILES string of the molecule is Cc1nn(C)c(N2CCOCC2(C)C)c1CN. The molecule has 0 saturated carbocycles. The third kappa shape index (κ3) is 2.05. The van der Waals surface area contributed by atoms with E-state index in [9.17, 15) is 0 Å². The molecule has 17 heavy (non-hydrogen) atoms. The summed E-state index contributed by atoms with van der Waals surface area (Å²) >= 11 is 0. The summed E-state index contributed by atoms with van der Waals surface area (Å²) in [5, 5.41) is 4.48. The van der Waals surface area contributed by atoms with Gasteiger partial charge in [-0.2, -0.15) is 5.10 Å². The van der Waals surface area contributed by atoms with Crippen LogP contribution in [0.2, 0.25) is 0 Å². The lowest BCUT2D eigenvalue weighted by atomic mass is 10.0. The number of nitrogens with zero attached hydrogens (tertiary/aromatic N) is 3. The summed E-state index contributed by atoms with van der Waals surface area (Å²) in [5.41, 5.74) is 8.00. The predicted molar refractivity (Wildman–Crippen MR) is 68.1 cm³/mol. The van der Waals surface area contributed by atoms with Crippen molar-refractivity contribution in [2.24, 2.45) is 12.8 Å². The molecule has 1 aliphatic rings. The maximum atomic E-state index is 5.85. The first-order chi connectivity index (χ1) is 7.97. The van der Waals surface area contributed by atoms with Gasteiger partial charge in [-0.1, -0.05) is 0 Å². The van der Waals surface area contributed by atoms with Gasteiger partial charge in [0.05, 0.1) is 24.4 Å². The van der Waals surface area contributed by atoms with Crippen molar-refractivity contribution < 1.29 is 4.74 Å². The Labute approximate surface area is 103 Å². The molecule has 0 bridgehead atoms. The van der Waals surface area contributed by atoms with E-state index >= 15 is 0 Å². The summed E-state index contributed by atoms with van der Waals surface area (Å²) in [6.45, 7) is 9.31. The number of ether oxygens (including phenoxy) is 1. The molecule has 0 atom stereocenters. The van der Waals surface area contributed by atoms with Crippen molar-refractivity contribution >= 4 is 5.82 Å². The van der Waals surface area contributed by atoms with E-state index in [1.807, 2.05) is 18.7 Å². The lowest BCUT2D eigenvalue weighted by Crippen LogP contribution is -2.54. The van der Waals surface area contributed by atoms with Gasteiger partial charge in [0.1, 0.15) is 5.82 Å². The number of hydrogen-bond acceptors (Lipinski definition) is 4. The highest BCUT2D eigenvalue weighted by atomic mass is 16.5. The van der Waals surface area contributed by atoms with Crippen LogP contribution in [0.15, 0.2) is 0 Å². The Kier molecular flexibility index (Phi) is 3.14. The molecule has 1 aromatic rings. The van der Waals surface area contributed by atoms with Crippen LogP contribution in [-0.4, -0.2) is 35.1 Å². The van der Waals surface area contributed by atoms with E-state index in [2.05, 4.69) is 23.8 Å². The van der Waals surface area contributed by atoms with Crippen molar-refractivity contribution in [2.75, 3.05) is 24.7 Å². The van der Waals surface area contributed by atoms with E-state index in [0.29, 0.717) is 6.54 Å². The Morgan fingerprint density at radius 2 is 2.18 bits per heavy atom. The molecular weight excluding hydrogens is 216 g/mol. The third-order valence-electron chi connectivity index (χ3n) is 3.42. The molecule has 1 aromatic heterocycles. The topological polar surface area (TPSA) is 56.3 Å². The fourth-order valence-electron chi connectivity index (χ4n) is 2.52. The van der Waals surface area contributed by atoms with Gasteiger partial charge in [0.25, 0.3) is 0 Å². The highest BCUT2D eigenvalue weighted by Crippen LogP contribution is 2.30. The van der Waals surface area contributed by atoms with Gasteiger partial charge in [0.2, 0.25) is 0 Å². The van der Waals surface area contributed by atoms with Crippen molar-refractivity contribution in [3.63, 3.8) is 0 Å². The second-order valence-corrected chi connectivity index (χ2v) is 5.23. The minimum absolute atomic E-state index is 0.0115. The number of rotatable bonds is 2. The molecule has 0 amide bonds. The molecule has 5 nitrogen and oxygen atoms in total. The van der Waals surface area contributed by atoms with Crippen LogP contribution in [0, 0.1) is 6.92 Å². The van der Waals surface area contributed by atoms with Crippen LogP contribution < -0.4 is 10.6 Å². The van der Waals surface area contributed by atoms with E-state index in [1.165, 1.54) is 0 Å². The van der Waals surface area contributed by atoms with Gasteiger partial charge in [-0.25, -0.2) is 0 Å². The van der Waals surface area contributed by atoms with Gasteiger partial charge >= 0.3 is 0 Å². The van der Waals surface area contributed by atoms with Crippen LogP contribution in [0.3, 0.4) is 0 Å². The van der Waals surface area contributed by atoms with Crippen molar-refractivity contribution in [3.8, 4) is 0 Å². The molecule has 0 aliphatic carbocycles. The van der Waals surface area contributed by atoms with E-state index in [0.717, 1.165) is 36.8 Å². The summed E-state index contributed by atoms with van der Waals surface area (Å²) in [5.74, 6) is 1.14. The second kappa shape index (κ2) is 4.31. The quantitative estimate of drug-likeness (QED) is 0.828. The fourth-order valence-corrected chi connectivity index (χ4v) is 2.52. The highest BCUT2D eigenvalue weighted by molar-refractivity contribution is 5.52. The Balaban J connectivity index is 2.45. The average Bonchev–Trinajstić information content (AvgIpc) is 2.52. The predicted octanol–water partition coefficient (Wildman–Crippen LogP) is 0.802. The Bertz CT molecular complexity index is 411. The van der Waals surface area contributed by atoms with Gasteiger partial charge in [-0.05, 0) is 20.8 Å². The van der Waals surface area contributed by atoms with Crippen molar-refractivity contribution in [3.05, 3.63) is 11.3 Å². The molecule has 2 rings (SSSR count). The van der Waals surface area contributed by atoms with Crippen molar-refractivity contribution in [1.29, 1.82) is 0 Å². The molecule has 5 heteroatoms. The van der Waals surface area contributed by atoms with Gasteiger partial charge in [0.15, 0.2) is 0 Å². The molecule has 0 radical (unpaired) electrons. The summed E-state index contributed by atoms with van der Waals surface area (Å²) in [6.07, 6.45) is 0. The molecule has 0 spiro atoms. The standard InChI is InChI=1S/C12H22N4O/c1-9-10(7-13)11(15(4)14-9)16-5-6-17-8-12(16,2)3/h5-8,13H2,1-4H3. The van der Waals surface area contributed by atoms with Crippen LogP contribution in [0.25, 0.3) is 0 Å². The maximum Gasteiger partial charge on any atom is 0.131 e. The van der Waals surface area contributed by atoms with Crippen LogP contribution >= 0.6 is 0 Å². The lowest BCUT2D eigenvalue weighted by molar-refractivity contribution is 0.0633. The number of aromatic nitrogens is 2. The van der Waals surface area contributed by atoms with E-state index in [1.54, 1.807) is 0 Å². The number of nitrogens with two attached hydrogens (primary N) is 1. The zero-order valence-corrected chi connectivity index (χ0v) is 11.2. The van der Waals surface area contributed by atoms with E-state index in [4.69, 9.17) is 10.5 Å². The zero-order chi connectivity index (χ0) is 12.6. The molecule has 1 saturated heterocycles. The van der Waals surface area contributed by atoms with Crippen molar-refractivity contribution in [1.82, 2.24) is 9.78 Å². The fraction of sp³-hybridized carbons (Fsp3) is 0.750. The first kappa shape index (κ1) is 12.4. The third-order valence-corrected chi connectivity index (χ3v) is 3.42. The monoisotopic (exact) mass is 238 g/mol. The van der Waals surface area contributed by atoms with Gasteiger partial charge in [-0.15, -0.1) is 0 Å². The van der Waals surface area contributed by atoms with Crippen LogP contribution in [0.5, 0.6) is 0 Å². The van der Waals surface area contributed by atoms with Crippen LogP contribution in [0.1, 0.15) is 25.1 Å². The minimum atomic E-state index is -0.0115. The largest absolute Gasteiger partial charge is 0.377 e. The number of morpholine rings is 1. The molecule has 0 unspecified atom stereocenters. The van der Waals surface area contributed by atoms with Gasteiger partial charge in [0, 0.05) is 25.7 Å². The van der Waals surface area contributed by atoms with Crippen LogP contribution in [-0.2, 0) is 18.3 Å². The van der Waals surface area contributed by atoms with Gasteiger partial charge < -0.3 is 15.4 Å². The molecule has 2 N–H and O–H groups in total. The van der Waals surface area contributed by atoms with E-state index < -0.39 is 0 Å². The van der Waals surface area contributed by atoms with Gasteiger partial charge in [-0.3, -0.25) is 4.68 Å². The summed E-state index contributed by atoms with van der Waals surface area (Å²) < 4.78 is 7.49. The minimum Gasteiger partial charge on any atom is -0.377 e. The summed E-state index contributed by atoms with van der Waals surface area (Å²) in [7, 11) is 1.98. The average molecular weight is 238 g/mol. The Morgan fingerprint density at radius 3 is 2.76 bits per heavy atom. The second-order valence-electron chi connectivity index (χ2n) is 5.23. The molecule has 1 fully saturated rings. The first-order valence-corrected chi connectivity index (χ1v) is 6.05.